The highest BCUT2D eigenvalue weighted by molar-refractivity contribution is 7.91. The van der Waals surface area contributed by atoms with Crippen molar-refractivity contribution in [1.29, 1.82) is 0 Å². The van der Waals surface area contributed by atoms with Crippen molar-refractivity contribution in [3.05, 3.63) is 0 Å². The van der Waals surface area contributed by atoms with Crippen LogP contribution in [-0.2, 0) is 14.6 Å². The first-order valence-electron chi connectivity index (χ1n) is 7.95. The van der Waals surface area contributed by atoms with Crippen molar-refractivity contribution in [2.45, 2.75) is 62.8 Å². The summed E-state index contributed by atoms with van der Waals surface area (Å²) in [7, 11) is -0.923. The first-order valence-corrected chi connectivity index (χ1v) is 9.90. The summed E-state index contributed by atoms with van der Waals surface area (Å²) in [4.78, 5) is 0. The van der Waals surface area contributed by atoms with Crippen LogP contribution in [0.25, 0.3) is 0 Å². The second kappa shape index (κ2) is 6.75. The predicted octanol–water partition coefficient (Wildman–Crippen LogP) is 1.99. The van der Waals surface area contributed by atoms with Crippen molar-refractivity contribution < 1.29 is 13.2 Å². The lowest BCUT2D eigenvalue weighted by molar-refractivity contribution is -0.0000245. The van der Waals surface area contributed by atoms with E-state index in [1.54, 1.807) is 0 Å². The number of sulfone groups is 1. The van der Waals surface area contributed by atoms with Crippen molar-refractivity contribution in [3.63, 3.8) is 0 Å². The van der Waals surface area contributed by atoms with Crippen molar-refractivity contribution in [3.8, 4) is 0 Å². The van der Waals surface area contributed by atoms with Gasteiger partial charge in [-0.25, -0.2) is 8.42 Å². The molecule has 5 heteroatoms. The first-order chi connectivity index (χ1) is 9.47. The third-order valence-electron chi connectivity index (χ3n) is 4.91. The van der Waals surface area contributed by atoms with Crippen molar-refractivity contribution in [1.82, 2.24) is 5.32 Å². The van der Waals surface area contributed by atoms with Gasteiger partial charge in [0, 0.05) is 18.9 Å². The van der Waals surface area contributed by atoms with E-state index in [1.807, 2.05) is 14.0 Å². The van der Waals surface area contributed by atoms with Gasteiger partial charge in [-0.2, -0.15) is 0 Å². The van der Waals surface area contributed by atoms with Crippen molar-refractivity contribution >= 4 is 9.84 Å². The van der Waals surface area contributed by atoms with Crippen molar-refractivity contribution in [2.75, 3.05) is 19.9 Å². The summed E-state index contributed by atoms with van der Waals surface area (Å²) >= 11 is 0. The van der Waals surface area contributed by atoms with Crippen LogP contribution in [0.4, 0.5) is 0 Å². The topological polar surface area (TPSA) is 55.4 Å². The fourth-order valence-corrected chi connectivity index (χ4v) is 4.91. The number of rotatable bonds is 7. The van der Waals surface area contributed by atoms with Gasteiger partial charge in [-0.1, -0.05) is 6.42 Å². The van der Waals surface area contributed by atoms with E-state index in [9.17, 15) is 8.42 Å². The highest BCUT2D eigenvalue weighted by Gasteiger charge is 2.42. The van der Waals surface area contributed by atoms with Gasteiger partial charge in [0.15, 0.2) is 0 Å². The Kier molecular flexibility index (Phi) is 5.49. The van der Waals surface area contributed by atoms with Gasteiger partial charge in [0.25, 0.3) is 0 Å². The maximum absolute atomic E-state index is 11.8. The summed E-state index contributed by atoms with van der Waals surface area (Å²) in [6.45, 7) is 2.78. The maximum Gasteiger partial charge on any atom is 0.150 e. The molecule has 0 spiro atoms. The monoisotopic (exact) mass is 303 g/mol. The summed E-state index contributed by atoms with van der Waals surface area (Å²) in [5, 5.41) is 3.28. The molecule has 2 saturated carbocycles. The highest BCUT2D eigenvalue weighted by Crippen LogP contribution is 2.40. The van der Waals surface area contributed by atoms with Gasteiger partial charge in [0.2, 0.25) is 0 Å². The fourth-order valence-electron chi connectivity index (χ4n) is 3.71. The summed E-state index contributed by atoms with van der Waals surface area (Å²) in [6.07, 6.45) is 7.91. The lowest BCUT2D eigenvalue weighted by Crippen LogP contribution is -2.48. The van der Waals surface area contributed by atoms with Crippen LogP contribution in [0.5, 0.6) is 0 Å². The van der Waals surface area contributed by atoms with Gasteiger partial charge in [-0.3, -0.25) is 0 Å². The molecule has 4 unspecified atom stereocenters. The Morgan fingerprint density at radius 1 is 1.20 bits per heavy atom. The van der Waals surface area contributed by atoms with Gasteiger partial charge in [-0.15, -0.1) is 0 Å². The molecule has 2 aliphatic rings. The highest BCUT2D eigenvalue weighted by atomic mass is 32.2. The minimum atomic E-state index is -2.91. The second-order valence-electron chi connectivity index (χ2n) is 6.45. The molecule has 2 aliphatic carbocycles. The Morgan fingerprint density at radius 2 is 1.90 bits per heavy atom. The van der Waals surface area contributed by atoms with E-state index in [4.69, 9.17) is 4.74 Å². The first kappa shape index (κ1) is 16.2. The van der Waals surface area contributed by atoms with Gasteiger partial charge in [0.1, 0.15) is 9.84 Å². The quantitative estimate of drug-likeness (QED) is 0.781. The fraction of sp³-hybridized carbons (Fsp3) is 1.00. The molecule has 0 amide bonds. The minimum Gasteiger partial charge on any atom is -0.377 e. The number of hydrogen-bond donors (Lipinski definition) is 1. The number of hydrogen-bond acceptors (Lipinski definition) is 4. The zero-order valence-electron chi connectivity index (χ0n) is 13.0. The number of likely N-dealkylation sites (N-methyl/N-ethyl adjacent to an activating group) is 1. The third-order valence-corrected chi connectivity index (χ3v) is 6.55. The average Bonchev–Trinajstić information content (AvgIpc) is 3.22. The van der Waals surface area contributed by atoms with Crippen LogP contribution in [-0.4, -0.2) is 45.7 Å². The maximum atomic E-state index is 11.8. The standard InChI is InChI=1S/C15H29NO3S/c1-4-19-15(11-8-9-11)14(16-2)12-6-5-7-13(10-12)20(3,17)18/h11-16H,4-10H2,1-3H3. The Labute approximate surface area is 123 Å². The molecule has 0 aromatic heterocycles. The molecule has 0 heterocycles. The van der Waals surface area contributed by atoms with Gasteiger partial charge < -0.3 is 10.1 Å². The van der Waals surface area contributed by atoms with Crippen LogP contribution in [0.3, 0.4) is 0 Å². The van der Waals surface area contributed by atoms with Crippen LogP contribution in [0, 0.1) is 11.8 Å². The van der Waals surface area contributed by atoms with Crippen LogP contribution < -0.4 is 5.32 Å². The SMILES string of the molecule is CCOC(C1CC1)C(NC)C1CCCC(S(C)(=O)=O)C1. The molecule has 20 heavy (non-hydrogen) atoms. The van der Waals surface area contributed by atoms with Crippen LogP contribution >= 0.6 is 0 Å². The van der Waals surface area contributed by atoms with Crippen molar-refractivity contribution in [2.24, 2.45) is 11.8 Å². The Morgan fingerprint density at radius 3 is 2.40 bits per heavy atom. The molecule has 0 saturated heterocycles. The van der Waals surface area contributed by atoms with Crippen LogP contribution in [0.15, 0.2) is 0 Å². The molecular weight excluding hydrogens is 274 g/mol. The average molecular weight is 303 g/mol. The minimum absolute atomic E-state index is 0.154. The molecule has 118 valence electrons. The largest absolute Gasteiger partial charge is 0.377 e. The summed E-state index contributed by atoms with van der Waals surface area (Å²) in [5.74, 6) is 1.09. The molecule has 0 aliphatic heterocycles. The van der Waals surface area contributed by atoms with Gasteiger partial charge in [0.05, 0.1) is 11.4 Å². The smallest absolute Gasteiger partial charge is 0.150 e. The molecule has 0 radical (unpaired) electrons. The Hall–Kier alpha value is -0.130. The van der Waals surface area contributed by atoms with E-state index in [0.717, 1.165) is 32.3 Å². The number of ether oxygens (including phenoxy) is 1. The van der Waals surface area contributed by atoms with E-state index in [1.165, 1.54) is 19.1 Å². The molecule has 0 bridgehead atoms. The summed E-state index contributed by atoms with van der Waals surface area (Å²) < 4.78 is 29.6. The van der Waals surface area contributed by atoms with E-state index in [0.29, 0.717) is 17.9 Å². The Bertz CT molecular complexity index is 405. The molecular formula is C15H29NO3S. The zero-order chi connectivity index (χ0) is 14.8. The molecule has 2 fully saturated rings. The third kappa shape index (κ3) is 3.95. The van der Waals surface area contributed by atoms with E-state index < -0.39 is 9.84 Å². The van der Waals surface area contributed by atoms with Crippen LogP contribution in [0.1, 0.15) is 45.4 Å². The van der Waals surface area contributed by atoms with Gasteiger partial charge in [-0.05, 0) is 57.9 Å². The zero-order valence-corrected chi connectivity index (χ0v) is 13.8. The normalized spacial score (nSPS) is 30.9. The van der Waals surface area contributed by atoms with E-state index in [2.05, 4.69) is 5.32 Å². The number of nitrogens with one attached hydrogen (secondary N) is 1. The van der Waals surface area contributed by atoms with Crippen LogP contribution in [0.2, 0.25) is 0 Å². The summed E-state index contributed by atoms with van der Waals surface area (Å²) in [5.41, 5.74) is 0. The van der Waals surface area contributed by atoms with E-state index >= 15 is 0 Å². The van der Waals surface area contributed by atoms with Gasteiger partial charge >= 0.3 is 0 Å². The van der Waals surface area contributed by atoms with E-state index in [-0.39, 0.29) is 11.4 Å². The molecule has 2 rings (SSSR count). The molecule has 0 aromatic carbocycles. The molecule has 4 nitrogen and oxygen atoms in total. The molecule has 1 N–H and O–H groups in total. The Balaban J connectivity index is 2.05. The molecule has 0 aromatic rings. The molecule has 4 atom stereocenters. The lowest BCUT2D eigenvalue weighted by Gasteiger charge is -2.38. The second-order valence-corrected chi connectivity index (χ2v) is 8.78. The lowest BCUT2D eigenvalue weighted by atomic mass is 9.80. The predicted molar refractivity (Wildman–Crippen MR) is 81.6 cm³/mol. The summed E-state index contributed by atoms with van der Waals surface area (Å²) in [6, 6.07) is 0.298.